The molecule has 0 aromatic carbocycles. The monoisotopic (exact) mass is 226 g/mol. The van der Waals surface area contributed by atoms with E-state index >= 15 is 0 Å². The molecule has 2 N–H and O–H groups in total. The van der Waals surface area contributed by atoms with Gasteiger partial charge in [0.15, 0.2) is 0 Å². The average Bonchev–Trinajstić information content (AvgIpc) is 3.12. The Kier molecular flexibility index (Phi) is 4.62. The summed E-state index contributed by atoms with van der Waals surface area (Å²) in [5.41, 5.74) is 0. The fourth-order valence-corrected chi connectivity index (χ4v) is 2.42. The van der Waals surface area contributed by atoms with E-state index < -0.39 is 0 Å². The molecule has 94 valence electrons. The summed E-state index contributed by atoms with van der Waals surface area (Å²) < 4.78 is 0. The topological polar surface area (TPSA) is 35.5 Å². The van der Waals surface area contributed by atoms with E-state index in [1.807, 2.05) is 0 Å². The van der Waals surface area contributed by atoms with Crippen molar-refractivity contribution in [1.82, 2.24) is 10.2 Å². The number of rotatable bonds is 6. The molecule has 3 heteroatoms. The van der Waals surface area contributed by atoms with Crippen LogP contribution in [0.3, 0.4) is 0 Å². The Morgan fingerprint density at radius 2 is 1.94 bits per heavy atom. The van der Waals surface area contributed by atoms with E-state index in [1.165, 1.54) is 45.3 Å². The van der Waals surface area contributed by atoms with E-state index in [4.69, 9.17) is 0 Å². The maximum Gasteiger partial charge on any atom is 0.0664 e. The Bertz CT molecular complexity index is 198. The first-order chi connectivity index (χ1) is 7.78. The van der Waals surface area contributed by atoms with Crippen LogP contribution in [-0.2, 0) is 0 Å². The number of aliphatic hydroxyl groups is 1. The number of nitrogens with zero attached hydrogens (tertiary/aromatic N) is 1. The Balaban J connectivity index is 1.57. The number of hydrogen-bond donors (Lipinski definition) is 2. The smallest absolute Gasteiger partial charge is 0.0664 e. The van der Waals surface area contributed by atoms with E-state index in [2.05, 4.69) is 17.1 Å². The zero-order valence-corrected chi connectivity index (χ0v) is 10.5. The summed E-state index contributed by atoms with van der Waals surface area (Å²) in [5.74, 6) is 0.871. The highest BCUT2D eigenvalue weighted by Gasteiger charge is 2.24. The second kappa shape index (κ2) is 5.99. The van der Waals surface area contributed by atoms with Gasteiger partial charge in [0.05, 0.1) is 6.10 Å². The second-order valence-corrected chi connectivity index (χ2v) is 5.49. The predicted octanol–water partition coefficient (Wildman–Crippen LogP) is 1.22. The minimum absolute atomic E-state index is 0.124. The summed E-state index contributed by atoms with van der Waals surface area (Å²) in [6.07, 6.45) is 6.14. The van der Waals surface area contributed by atoms with Gasteiger partial charge in [-0.3, -0.25) is 0 Å². The van der Waals surface area contributed by atoms with Crippen molar-refractivity contribution in [2.75, 3.05) is 26.2 Å². The molecule has 2 fully saturated rings. The third-order valence-electron chi connectivity index (χ3n) is 3.92. The molecular weight excluding hydrogens is 200 g/mol. The van der Waals surface area contributed by atoms with Gasteiger partial charge in [0.1, 0.15) is 0 Å². The van der Waals surface area contributed by atoms with Crippen LogP contribution < -0.4 is 5.32 Å². The van der Waals surface area contributed by atoms with Crippen LogP contribution in [0.1, 0.15) is 39.0 Å². The molecule has 0 spiro atoms. The molecule has 1 aliphatic heterocycles. The van der Waals surface area contributed by atoms with E-state index in [9.17, 15) is 5.11 Å². The largest absolute Gasteiger partial charge is 0.392 e. The lowest BCUT2D eigenvalue weighted by molar-refractivity contribution is 0.0867. The maximum atomic E-state index is 9.61. The van der Waals surface area contributed by atoms with Crippen LogP contribution in [0.4, 0.5) is 0 Å². The first-order valence-corrected chi connectivity index (χ1v) is 6.91. The van der Waals surface area contributed by atoms with Crippen molar-refractivity contribution in [3.8, 4) is 0 Å². The molecule has 1 heterocycles. The van der Waals surface area contributed by atoms with E-state index in [0.29, 0.717) is 0 Å². The fraction of sp³-hybridized carbons (Fsp3) is 1.00. The highest BCUT2D eigenvalue weighted by Crippen LogP contribution is 2.21. The number of likely N-dealkylation sites (tertiary alicyclic amines) is 1. The average molecular weight is 226 g/mol. The molecule has 2 rings (SSSR count). The molecule has 1 saturated carbocycles. The molecule has 16 heavy (non-hydrogen) atoms. The van der Waals surface area contributed by atoms with E-state index in [0.717, 1.165) is 24.9 Å². The molecular formula is C13H26N2O. The molecule has 0 radical (unpaired) electrons. The standard InChI is InChI=1S/C13H26N2O/c1-2-13(16)10-15-7-5-11(6-8-15)9-14-12-3-4-12/h11-14,16H,2-10H2,1H3. The van der Waals surface area contributed by atoms with Crippen LogP contribution in [0.2, 0.25) is 0 Å². The predicted molar refractivity (Wildman–Crippen MR) is 66.5 cm³/mol. The number of nitrogens with one attached hydrogen (secondary N) is 1. The minimum atomic E-state index is -0.124. The summed E-state index contributed by atoms with van der Waals surface area (Å²) in [6.45, 7) is 6.49. The number of β-amino-alcohol motifs (C(OH)–C–C–N with tert-alkyl or cyclic N) is 1. The molecule has 0 amide bonds. The molecule has 1 saturated heterocycles. The Hall–Kier alpha value is -0.120. The highest BCUT2D eigenvalue weighted by atomic mass is 16.3. The van der Waals surface area contributed by atoms with Gasteiger partial charge in [-0.05, 0) is 57.7 Å². The number of aliphatic hydroxyl groups excluding tert-OH is 1. The molecule has 1 aliphatic carbocycles. The minimum Gasteiger partial charge on any atom is -0.392 e. The van der Waals surface area contributed by atoms with Crippen molar-refractivity contribution < 1.29 is 5.11 Å². The summed E-state index contributed by atoms with van der Waals surface area (Å²) in [5, 5.41) is 13.2. The fourth-order valence-electron chi connectivity index (χ4n) is 2.42. The summed E-state index contributed by atoms with van der Waals surface area (Å²) in [7, 11) is 0. The summed E-state index contributed by atoms with van der Waals surface area (Å²) >= 11 is 0. The zero-order chi connectivity index (χ0) is 11.4. The van der Waals surface area contributed by atoms with Crippen molar-refractivity contribution in [1.29, 1.82) is 0 Å². The quantitative estimate of drug-likeness (QED) is 0.715. The van der Waals surface area contributed by atoms with Gasteiger partial charge in [0.25, 0.3) is 0 Å². The zero-order valence-electron chi connectivity index (χ0n) is 10.5. The van der Waals surface area contributed by atoms with Gasteiger partial charge in [-0.1, -0.05) is 6.92 Å². The lowest BCUT2D eigenvalue weighted by Crippen LogP contribution is -2.41. The summed E-state index contributed by atoms with van der Waals surface area (Å²) in [4.78, 5) is 2.42. The van der Waals surface area contributed by atoms with E-state index in [-0.39, 0.29) is 6.10 Å². The first-order valence-electron chi connectivity index (χ1n) is 6.91. The normalized spacial score (nSPS) is 25.9. The molecule has 1 unspecified atom stereocenters. The van der Waals surface area contributed by atoms with Crippen molar-refractivity contribution in [3.63, 3.8) is 0 Å². The first kappa shape index (κ1) is 12.3. The SMILES string of the molecule is CCC(O)CN1CCC(CNC2CC2)CC1. The van der Waals surface area contributed by atoms with Crippen LogP contribution in [0, 0.1) is 5.92 Å². The number of piperidine rings is 1. The van der Waals surface area contributed by atoms with Gasteiger partial charge in [0.2, 0.25) is 0 Å². The second-order valence-electron chi connectivity index (χ2n) is 5.49. The molecule has 1 atom stereocenters. The van der Waals surface area contributed by atoms with Crippen molar-refractivity contribution in [2.24, 2.45) is 5.92 Å². The van der Waals surface area contributed by atoms with Gasteiger partial charge in [0, 0.05) is 12.6 Å². The third kappa shape index (κ3) is 4.04. The maximum absolute atomic E-state index is 9.61. The van der Waals surface area contributed by atoms with Crippen LogP contribution >= 0.6 is 0 Å². The van der Waals surface area contributed by atoms with Crippen molar-refractivity contribution >= 4 is 0 Å². The van der Waals surface area contributed by atoms with Gasteiger partial charge in [-0.2, -0.15) is 0 Å². The van der Waals surface area contributed by atoms with Gasteiger partial charge >= 0.3 is 0 Å². The third-order valence-corrected chi connectivity index (χ3v) is 3.92. The molecule has 0 bridgehead atoms. The van der Waals surface area contributed by atoms with E-state index in [1.54, 1.807) is 0 Å². The highest BCUT2D eigenvalue weighted by molar-refractivity contribution is 4.83. The van der Waals surface area contributed by atoms with Crippen LogP contribution in [0.25, 0.3) is 0 Å². The lowest BCUT2D eigenvalue weighted by atomic mass is 9.96. The van der Waals surface area contributed by atoms with Crippen LogP contribution in [-0.4, -0.2) is 48.3 Å². The lowest BCUT2D eigenvalue weighted by Gasteiger charge is -2.33. The van der Waals surface area contributed by atoms with Gasteiger partial charge in [-0.25, -0.2) is 0 Å². The molecule has 3 nitrogen and oxygen atoms in total. The summed E-state index contributed by atoms with van der Waals surface area (Å²) in [6, 6.07) is 0.847. The molecule has 0 aromatic heterocycles. The molecule has 0 aromatic rings. The van der Waals surface area contributed by atoms with Crippen molar-refractivity contribution in [2.45, 2.75) is 51.2 Å². The van der Waals surface area contributed by atoms with Crippen LogP contribution in [0.15, 0.2) is 0 Å². The Labute approximate surface area is 99.2 Å². The Morgan fingerprint density at radius 1 is 1.25 bits per heavy atom. The Morgan fingerprint density at radius 3 is 2.50 bits per heavy atom. The molecule has 2 aliphatic rings. The van der Waals surface area contributed by atoms with Gasteiger partial charge in [-0.15, -0.1) is 0 Å². The van der Waals surface area contributed by atoms with Crippen molar-refractivity contribution in [3.05, 3.63) is 0 Å². The van der Waals surface area contributed by atoms with Gasteiger partial charge < -0.3 is 15.3 Å². The van der Waals surface area contributed by atoms with Crippen LogP contribution in [0.5, 0.6) is 0 Å². The number of hydrogen-bond acceptors (Lipinski definition) is 3.